The molecule has 0 atom stereocenters. The maximum absolute atomic E-state index is 13.0. The Morgan fingerprint density at radius 2 is 1.96 bits per heavy atom. The van der Waals surface area contributed by atoms with Crippen molar-refractivity contribution in [1.29, 1.82) is 0 Å². The zero-order chi connectivity index (χ0) is 21.1. The quantitative estimate of drug-likeness (QED) is 0.499. The average molecular weight is 410 g/mol. The third-order valence-corrected chi connectivity index (χ3v) is 5.79. The Balaban J connectivity index is 2.58. The maximum atomic E-state index is 13.0. The van der Waals surface area contributed by atoms with Gasteiger partial charge in [-0.15, -0.1) is 0 Å². The summed E-state index contributed by atoms with van der Waals surface area (Å²) in [4.78, 5) is 27.3. The minimum absolute atomic E-state index is 0.0324. The largest absolute Gasteiger partial charge is 0.385 e. The van der Waals surface area contributed by atoms with Gasteiger partial charge in [-0.25, -0.2) is 8.42 Å². The summed E-state index contributed by atoms with van der Waals surface area (Å²) in [5, 5.41) is 2.76. The molecule has 0 unspecified atom stereocenters. The van der Waals surface area contributed by atoms with Gasteiger partial charge in [-0.1, -0.05) is 0 Å². The summed E-state index contributed by atoms with van der Waals surface area (Å²) in [5.41, 5.74) is 0.937. The molecule has 9 heteroatoms. The first-order valence-corrected chi connectivity index (χ1v) is 10.9. The molecule has 0 saturated heterocycles. The van der Waals surface area contributed by atoms with Crippen molar-refractivity contribution in [3.63, 3.8) is 0 Å². The first-order valence-electron chi connectivity index (χ1n) is 9.00. The molecule has 1 N–H and O–H groups in total. The first-order chi connectivity index (χ1) is 13.1. The number of aromatic amines is 1. The van der Waals surface area contributed by atoms with E-state index in [0.29, 0.717) is 42.9 Å². The molecule has 0 radical (unpaired) electrons. The molecule has 1 aromatic carbocycles. The minimum atomic E-state index is -3.50. The number of benzene rings is 1. The first kappa shape index (κ1) is 21.9. The predicted octanol–water partition coefficient (Wildman–Crippen LogP) is 1.61. The molecule has 0 spiro atoms. The van der Waals surface area contributed by atoms with Crippen LogP contribution in [0.25, 0.3) is 0 Å². The van der Waals surface area contributed by atoms with E-state index < -0.39 is 21.2 Å². The van der Waals surface area contributed by atoms with Gasteiger partial charge >= 0.3 is 0 Å². The fourth-order valence-corrected chi connectivity index (χ4v) is 4.18. The van der Waals surface area contributed by atoms with Crippen molar-refractivity contribution in [2.45, 2.75) is 31.7 Å². The minimum Gasteiger partial charge on any atom is -0.385 e. The molecule has 1 aromatic heterocycles. The highest BCUT2D eigenvalue weighted by atomic mass is 32.2. The van der Waals surface area contributed by atoms with E-state index in [9.17, 15) is 18.0 Å². The van der Waals surface area contributed by atoms with Gasteiger partial charge in [0.05, 0.1) is 10.6 Å². The molecule has 154 valence electrons. The van der Waals surface area contributed by atoms with Gasteiger partial charge in [0.1, 0.15) is 5.56 Å². The number of H-pyrrole nitrogens is 1. The Bertz CT molecular complexity index is 1020. The van der Waals surface area contributed by atoms with Gasteiger partial charge in [-0.2, -0.15) is 0 Å². The SMILES string of the molecule is CCn1[nH]cc(C(=O)c2ccc(S(C)(=O)=O)c(N(C)CCCOC)c2C)c1=O. The number of nitrogens with zero attached hydrogens (tertiary/aromatic N) is 2. The molecule has 8 nitrogen and oxygen atoms in total. The number of nitrogens with one attached hydrogen (secondary N) is 1. The lowest BCUT2D eigenvalue weighted by Gasteiger charge is -2.25. The van der Waals surface area contributed by atoms with E-state index in [4.69, 9.17) is 4.74 Å². The number of sulfone groups is 1. The van der Waals surface area contributed by atoms with E-state index in [0.717, 1.165) is 6.26 Å². The van der Waals surface area contributed by atoms with Crippen molar-refractivity contribution in [3.05, 3.63) is 45.4 Å². The Morgan fingerprint density at radius 3 is 2.50 bits per heavy atom. The number of aromatic nitrogens is 2. The van der Waals surface area contributed by atoms with Gasteiger partial charge in [0.25, 0.3) is 5.56 Å². The Labute approximate surface area is 165 Å². The van der Waals surface area contributed by atoms with Gasteiger partial charge < -0.3 is 14.7 Å². The van der Waals surface area contributed by atoms with E-state index in [-0.39, 0.29) is 10.5 Å². The van der Waals surface area contributed by atoms with Crippen LogP contribution in [-0.2, 0) is 21.1 Å². The number of aryl methyl sites for hydroxylation is 1. The molecule has 2 rings (SSSR count). The molecule has 1 heterocycles. The zero-order valence-electron chi connectivity index (χ0n) is 16.9. The van der Waals surface area contributed by atoms with E-state index in [1.54, 1.807) is 28.0 Å². The summed E-state index contributed by atoms with van der Waals surface area (Å²) in [6.45, 7) is 5.02. The second kappa shape index (κ2) is 8.74. The van der Waals surface area contributed by atoms with E-state index >= 15 is 0 Å². The summed E-state index contributed by atoms with van der Waals surface area (Å²) >= 11 is 0. The molecule has 0 aliphatic rings. The molecule has 0 fully saturated rings. The van der Waals surface area contributed by atoms with Gasteiger partial charge in [-0.05, 0) is 38.0 Å². The summed E-state index contributed by atoms with van der Waals surface area (Å²) in [5.74, 6) is -0.433. The van der Waals surface area contributed by atoms with Crippen molar-refractivity contribution in [2.75, 3.05) is 38.5 Å². The van der Waals surface area contributed by atoms with Crippen LogP contribution >= 0.6 is 0 Å². The van der Waals surface area contributed by atoms with Crippen molar-refractivity contribution < 1.29 is 17.9 Å². The van der Waals surface area contributed by atoms with Crippen LogP contribution in [0.4, 0.5) is 5.69 Å². The maximum Gasteiger partial charge on any atom is 0.277 e. The van der Waals surface area contributed by atoms with Crippen LogP contribution in [-0.4, -0.2) is 57.5 Å². The number of carbonyl (C=O) groups excluding carboxylic acids is 1. The Hall–Kier alpha value is -2.39. The molecular formula is C19H27N3O5S. The molecule has 0 amide bonds. The summed E-state index contributed by atoms with van der Waals surface area (Å²) in [6, 6.07) is 2.91. The smallest absolute Gasteiger partial charge is 0.277 e. The Morgan fingerprint density at radius 1 is 1.29 bits per heavy atom. The number of anilines is 1. The monoisotopic (exact) mass is 409 g/mol. The highest BCUT2D eigenvalue weighted by Gasteiger charge is 2.25. The predicted molar refractivity (Wildman–Crippen MR) is 108 cm³/mol. The molecular weight excluding hydrogens is 382 g/mol. The molecule has 0 bridgehead atoms. The van der Waals surface area contributed by atoms with Crippen molar-refractivity contribution in [3.8, 4) is 0 Å². The molecule has 28 heavy (non-hydrogen) atoms. The van der Waals surface area contributed by atoms with Crippen molar-refractivity contribution in [2.24, 2.45) is 0 Å². The second-order valence-electron chi connectivity index (χ2n) is 6.69. The van der Waals surface area contributed by atoms with Crippen molar-refractivity contribution in [1.82, 2.24) is 9.78 Å². The van der Waals surface area contributed by atoms with Gasteiger partial charge in [0.2, 0.25) is 5.78 Å². The lowest BCUT2D eigenvalue weighted by molar-refractivity contribution is 0.103. The fraction of sp³-hybridized carbons (Fsp3) is 0.474. The normalized spacial score (nSPS) is 11.6. The summed E-state index contributed by atoms with van der Waals surface area (Å²) < 4.78 is 31.0. The zero-order valence-corrected chi connectivity index (χ0v) is 17.7. The summed E-state index contributed by atoms with van der Waals surface area (Å²) in [7, 11) is -0.120. The van der Waals surface area contributed by atoms with Gasteiger partial charge in [0.15, 0.2) is 9.84 Å². The second-order valence-corrected chi connectivity index (χ2v) is 8.67. The highest BCUT2D eigenvalue weighted by Crippen LogP contribution is 2.32. The number of ether oxygens (including phenoxy) is 1. The van der Waals surface area contributed by atoms with Crippen LogP contribution in [0.2, 0.25) is 0 Å². The van der Waals surface area contributed by atoms with Crippen LogP contribution < -0.4 is 10.5 Å². The molecule has 0 aliphatic heterocycles. The molecule has 0 saturated carbocycles. The van der Waals surface area contributed by atoms with Crippen LogP contribution in [0.15, 0.2) is 28.0 Å². The average Bonchev–Trinajstić information content (AvgIpc) is 3.00. The third-order valence-electron chi connectivity index (χ3n) is 4.66. The molecule has 0 aliphatic carbocycles. The van der Waals surface area contributed by atoms with Crippen LogP contribution in [0.1, 0.15) is 34.8 Å². The number of ketones is 1. The third kappa shape index (κ3) is 4.36. The van der Waals surface area contributed by atoms with E-state index in [2.05, 4.69) is 5.10 Å². The Kier molecular flexibility index (Phi) is 6.84. The summed E-state index contributed by atoms with van der Waals surface area (Å²) in [6.07, 6.45) is 3.23. The molecule has 2 aromatic rings. The van der Waals surface area contributed by atoms with Gasteiger partial charge in [0, 0.05) is 51.9 Å². The number of hydrogen-bond acceptors (Lipinski definition) is 6. The standard InChI is InChI=1S/C19H27N3O5S/c1-6-22-19(24)15(12-20-22)18(23)14-8-9-16(28(5,25)26)17(13(14)2)21(3)10-7-11-27-4/h8-9,12,20H,6-7,10-11H2,1-5H3. The van der Waals surface area contributed by atoms with Crippen molar-refractivity contribution >= 4 is 21.3 Å². The number of methoxy groups -OCH3 is 1. The highest BCUT2D eigenvalue weighted by molar-refractivity contribution is 7.90. The van der Waals surface area contributed by atoms with E-state index in [1.807, 2.05) is 4.90 Å². The fourth-order valence-electron chi connectivity index (χ4n) is 3.20. The lowest BCUT2D eigenvalue weighted by atomic mass is 9.99. The number of carbonyl (C=O) groups is 1. The lowest BCUT2D eigenvalue weighted by Crippen LogP contribution is -2.25. The van der Waals surface area contributed by atoms with E-state index in [1.165, 1.54) is 23.0 Å². The topological polar surface area (TPSA) is 101 Å². The van der Waals surface area contributed by atoms with Crippen LogP contribution in [0.5, 0.6) is 0 Å². The van der Waals surface area contributed by atoms with Crippen LogP contribution in [0.3, 0.4) is 0 Å². The number of hydrogen-bond donors (Lipinski definition) is 1. The number of rotatable bonds is 9. The van der Waals surface area contributed by atoms with Gasteiger partial charge in [-0.3, -0.25) is 14.3 Å². The van der Waals surface area contributed by atoms with Crippen LogP contribution in [0, 0.1) is 6.92 Å².